The first-order valence-electron chi connectivity index (χ1n) is 9.02. The lowest BCUT2D eigenvalue weighted by Gasteiger charge is -2.21. The van der Waals surface area contributed by atoms with Gasteiger partial charge in [0.15, 0.2) is 5.75 Å². The second-order valence-electron chi connectivity index (χ2n) is 6.88. The molecule has 1 atom stereocenters. The van der Waals surface area contributed by atoms with Gasteiger partial charge in [-0.05, 0) is 30.7 Å². The zero-order valence-electron chi connectivity index (χ0n) is 17.1. The molecule has 0 aliphatic heterocycles. The number of rotatable bonds is 8. The third kappa shape index (κ3) is 4.04. The van der Waals surface area contributed by atoms with Gasteiger partial charge < -0.3 is 20.3 Å². The van der Waals surface area contributed by atoms with Crippen LogP contribution in [0.3, 0.4) is 0 Å². The minimum atomic E-state index is -4.28. The fourth-order valence-corrected chi connectivity index (χ4v) is 4.55. The maximum absolute atomic E-state index is 12.6. The highest BCUT2D eigenvalue weighted by molar-refractivity contribution is 7.89. The molecule has 0 radical (unpaired) electrons. The zero-order valence-corrected chi connectivity index (χ0v) is 18.7. The number of hydrogen-bond donors (Lipinski definition) is 3. The topological polar surface area (TPSA) is 130 Å². The number of hydroxylamine groups is 1. The van der Waals surface area contributed by atoms with Crippen molar-refractivity contribution in [3.8, 4) is 5.75 Å². The molecule has 0 spiro atoms. The summed E-state index contributed by atoms with van der Waals surface area (Å²) in [5.74, 6) is -0.716. The van der Waals surface area contributed by atoms with Crippen LogP contribution in [0.15, 0.2) is 45.1 Å². The number of phenols is 1. The number of aromatic hydroxyl groups is 1. The molecule has 12 heteroatoms. The molecular weight excluding hydrogens is 448 g/mol. The Labute approximate surface area is 183 Å². The second-order valence-corrected chi connectivity index (χ2v) is 9.16. The van der Waals surface area contributed by atoms with Crippen molar-refractivity contribution in [2.75, 3.05) is 24.8 Å². The number of sulfonamides is 1. The maximum Gasteiger partial charge on any atom is 0.269 e. The SMILES string of the molecule is CON(C)S(=O)(=O)c1c(Cl)ccc(Nc2c(N[C@@H](C)c3ccn(C)c3)c(=O)c2=O)c1O. The number of hydrogen-bond acceptors (Lipinski definition) is 8. The van der Waals surface area contributed by atoms with Crippen molar-refractivity contribution in [3.63, 3.8) is 0 Å². The van der Waals surface area contributed by atoms with Gasteiger partial charge in [0.2, 0.25) is 0 Å². The number of nitrogens with zero attached hydrogens (tertiary/aromatic N) is 2. The Morgan fingerprint density at radius 3 is 2.42 bits per heavy atom. The van der Waals surface area contributed by atoms with Gasteiger partial charge in [0.25, 0.3) is 20.9 Å². The molecule has 3 rings (SSSR count). The van der Waals surface area contributed by atoms with Crippen LogP contribution in [0.4, 0.5) is 17.1 Å². The molecule has 1 aromatic heterocycles. The molecule has 0 bridgehead atoms. The van der Waals surface area contributed by atoms with Crippen LogP contribution in [0.25, 0.3) is 0 Å². The Bertz CT molecular complexity index is 1310. The number of nitrogens with one attached hydrogen (secondary N) is 2. The van der Waals surface area contributed by atoms with Gasteiger partial charge >= 0.3 is 0 Å². The Kier molecular flexibility index (Phi) is 6.14. The molecule has 2 aromatic carbocycles. The van der Waals surface area contributed by atoms with E-state index in [2.05, 4.69) is 10.6 Å². The van der Waals surface area contributed by atoms with E-state index in [1.54, 1.807) is 0 Å². The molecule has 166 valence electrons. The molecule has 0 amide bonds. The Balaban J connectivity index is 1.96. The summed E-state index contributed by atoms with van der Waals surface area (Å²) in [5.41, 5.74) is -0.786. The van der Waals surface area contributed by atoms with Gasteiger partial charge in [-0.25, -0.2) is 8.42 Å². The van der Waals surface area contributed by atoms with Crippen molar-refractivity contribution in [2.45, 2.75) is 17.9 Å². The average molecular weight is 469 g/mol. The molecule has 10 nitrogen and oxygen atoms in total. The van der Waals surface area contributed by atoms with Gasteiger partial charge in [0.1, 0.15) is 16.3 Å². The second kappa shape index (κ2) is 8.35. The predicted molar refractivity (Wildman–Crippen MR) is 117 cm³/mol. The van der Waals surface area contributed by atoms with Crippen molar-refractivity contribution in [1.82, 2.24) is 9.04 Å². The minimum Gasteiger partial charge on any atom is -0.504 e. The van der Waals surface area contributed by atoms with E-state index in [1.165, 1.54) is 12.1 Å². The Morgan fingerprint density at radius 2 is 1.84 bits per heavy atom. The molecule has 0 saturated heterocycles. The zero-order chi connectivity index (χ0) is 23.1. The maximum atomic E-state index is 12.6. The third-order valence-electron chi connectivity index (χ3n) is 4.82. The lowest BCUT2D eigenvalue weighted by molar-refractivity contribution is -0.0259. The fraction of sp³-hybridized carbons (Fsp3) is 0.263. The number of phenolic OH excluding ortho intramolecular Hbond substituents is 1. The van der Waals surface area contributed by atoms with E-state index in [-0.39, 0.29) is 28.1 Å². The average Bonchev–Trinajstić information content (AvgIpc) is 3.17. The summed E-state index contributed by atoms with van der Waals surface area (Å²) in [6, 6.07) is 4.12. The van der Waals surface area contributed by atoms with E-state index in [1.807, 2.05) is 37.0 Å². The first-order chi connectivity index (χ1) is 14.5. The molecule has 0 aliphatic carbocycles. The summed E-state index contributed by atoms with van der Waals surface area (Å²) < 4.78 is 27.6. The summed E-state index contributed by atoms with van der Waals surface area (Å²) in [7, 11) is -0.154. The molecule has 0 aliphatic rings. The van der Waals surface area contributed by atoms with E-state index >= 15 is 0 Å². The van der Waals surface area contributed by atoms with Crippen LogP contribution < -0.4 is 21.5 Å². The lowest BCUT2D eigenvalue weighted by atomic mass is 10.1. The van der Waals surface area contributed by atoms with Crippen molar-refractivity contribution >= 4 is 38.7 Å². The first-order valence-corrected chi connectivity index (χ1v) is 10.8. The third-order valence-corrected chi connectivity index (χ3v) is 7.00. The van der Waals surface area contributed by atoms with Gasteiger partial charge in [0.05, 0.1) is 23.9 Å². The van der Waals surface area contributed by atoms with Crippen molar-refractivity contribution in [1.29, 1.82) is 0 Å². The monoisotopic (exact) mass is 468 g/mol. The van der Waals surface area contributed by atoms with Gasteiger partial charge in [-0.15, -0.1) is 0 Å². The lowest BCUT2D eigenvalue weighted by Crippen LogP contribution is -2.37. The van der Waals surface area contributed by atoms with Crippen LogP contribution in [-0.2, 0) is 21.9 Å². The van der Waals surface area contributed by atoms with Crippen LogP contribution in [-0.4, -0.2) is 36.7 Å². The largest absolute Gasteiger partial charge is 0.504 e. The van der Waals surface area contributed by atoms with E-state index in [4.69, 9.17) is 16.4 Å². The molecular formula is C19H21ClN4O6S. The quantitative estimate of drug-likeness (QED) is 0.260. The van der Waals surface area contributed by atoms with E-state index in [0.717, 1.165) is 19.7 Å². The summed E-state index contributed by atoms with van der Waals surface area (Å²) in [4.78, 5) is 28.4. The van der Waals surface area contributed by atoms with Crippen molar-refractivity contribution in [2.24, 2.45) is 7.05 Å². The Morgan fingerprint density at radius 1 is 1.19 bits per heavy atom. The highest BCUT2D eigenvalue weighted by Crippen LogP contribution is 2.40. The van der Waals surface area contributed by atoms with Gasteiger partial charge in [0, 0.05) is 26.5 Å². The molecule has 1 heterocycles. The highest BCUT2D eigenvalue weighted by Gasteiger charge is 2.31. The Hall–Kier alpha value is -2.86. The molecule has 31 heavy (non-hydrogen) atoms. The summed E-state index contributed by atoms with van der Waals surface area (Å²) in [5, 5.41) is 15.9. The minimum absolute atomic E-state index is 0.0362. The summed E-state index contributed by atoms with van der Waals surface area (Å²) in [6.07, 6.45) is 3.71. The number of halogens is 1. The number of aryl methyl sites for hydroxylation is 1. The van der Waals surface area contributed by atoms with Crippen LogP contribution >= 0.6 is 11.6 Å². The predicted octanol–water partition coefficient (Wildman–Crippen LogP) is 2.08. The smallest absolute Gasteiger partial charge is 0.269 e. The van der Waals surface area contributed by atoms with E-state index in [0.29, 0.717) is 4.47 Å². The molecule has 3 N–H and O–H groups in total. The molecule has 0 saturated carbocycles. The number of aromatic nitrogens is 1. The fourth-order valence-electron chi connectivity index (χ4n) is 2.98. The van der Waals surface area contributed by atoms with E-state index < -0.39 is 31.5 Å². The van der Waals surface area contributed by atoms with Gasteiger partial charge in [-0.2, -0.15) is 0 Å². The molecule has 3 aromatic rings. The van der Waals surface area contributed by atoms with Crippen molar-refractivity contribution in [3.05, 3.63) is 61.6 Å². The van der Waals surface area contributed by atoms with Crippen molar-refractivity contribution < 1.29 is 18.4 Å². The van der Waals surface area contributed by atoms with Crippen LogP contribution in [0.2, 0.25) is 5.02 Å². The highest BCUT2D eigenvalue weighted by atomic mass is 35.5. The normalized spacial score (nSPS) is 13.0. The van der Waals surface area contributed by atoms with Crippen LogP contribution in [0.5, 0.6) is 5.75 Å². The summed E-state index contributed by atoms with van der Waals surface area (Å²) in [6.45, 7) is 1.82. The van der Waals surface area contributed by atoms with Gasteiger partial charge in [-0.3, -0.25) is 14.4 Å². The number of benzene rings is 1. The first kappa shape index (κ1) is 22.8. The summed E-state index contributed by atoms with van der Waals surface area (Å²) >= 11 is 5.99. The van der Waals surface area contributed by atoms with E-state index in [9.17, 15) is 23.1 Å². The van der Waals surface area contributed by atoms with Crippen LogP contribution in [0, 0.1) is 0 Å². The number of anilines is 3. The molecule has 0 fully saturated rings. The molecule has 0 unspecified atom stereocenters. The van der Waals surface area contributed by atoms with Gasteiger partial charge in [-0.1, -0.05) is 16.1 Å². The standard InChI is InChI=1S/C19H21ClN4O6S/c1-10(11-7-8-23(2)9-11)21-14-15(18(27)17(14)26)22-13-6-5-12(20)19(16(13)25)31(28,29)24(3)30-4/h5-10,21-22,25H,1-4H3/t10-/m0/s1. The van der Waals surface area contributed by atoms with Crippen LogP contribution in [0.1, 0.15) is 18.5 Å².